The molecule has 0 saturated carbocycles. The summed E-state index contributed by atoms with van der Waals surface area (Å²) in [5.74, 6) is -0.567. The number of esters is 1. The Morgan fingerprint density at radius 3 is 1.13 bits per heavy atom. The molecule has 1 atom stereocenters. The van der Waals surface area contributed by atoms with Gasteiger partial charge in [0.2, 0.25) is 0 Å². The van der Waals surface area contributed by atoms with E-state index in [-0.39, 0.29) is 0 Å². The van der Waals surface area contributed by atoms with Gasteiger partial charge in [0.25, 0.3) is 0 Å². The number of nitrogens with zero attached hydrogens (tertiary/aromatic N) is 1. The van der Waals surface area contributed by atoms with Gasteiger partial charge >= 0.3 is 18.2 Å². The fourth-order valence-corrected chi connectivity index (χ4v) is 11.8. The van der Waals surface area contributed by atoms with Crippen molar-refractivity contribution in [1.82, 2.24) is 4.90 Å². The lowest BCUT2D eigenvalue weighted by Gasteiger charge is -2.39. The van der Waals surface area contributed by atoms with Gasteiger partial charge in [0.15, 0.2) is 0 Å². The molecule has 0 aromatic rings. The van der Waals surface area contributed by atoms with Gasteiger partial charge in [-0.05, 0) is 47.6 Å². The van der Waals surface area contributed by atoms with Gasteiger partial charge in [0, 0.05) is 0 Å². The fraction of sp³-hybridized carbons (Fsp3) is 0.921. The van der Waals surface area contributed by atoms with Crippen LogP contribution < -0.4 is 0 Å². The Kier molecular flexibility index (Phi) is 23.7. The SMILES string of the molecule is CCCCCCCC[Si](CCCCCCCC)(CCCCCCCC)CC(C(=O)OC)N(C(=O)OC(C)(C)C)C(=O)OC(C)(C)C. The van der Waals surface area contributed by atoms with E-state index in [2.05, 4.69) is 20.8 Å². The van der Waals surface area contributed by atoms with Crippen molar-refractivity contribution >= 4 is 26.2 Å². The molecular weight excluding hydrogens is 595 g/mol. The minimum Gasteiger partial charge on any atom is -0.467 e. The third-order valence-electron chi connectivity index (χ3n) is 8.77. The average Bonchev–Trinajstić information content (AvgIpc) is 2.95. The first-order valence-corrected chi connectivity index (χ1v) is 21.8. The highest BCUT2D eigenvalue weighted by molar-refractivity contribution is 6.80. The summed E-state index contributed by atoms with van der Waals surface area (Å²) in [7, 11) is -0.830. The molecule has 0 spiro atoms. The maximum Gasteiger partial charge on any atom is 0.420 e. The fourth-order valence-electron chi connectivity index (χ4n) is 6.30. The van der Waals surface area contributed by atoms with Crippen molar-refractivity contribution in [3.8, 4) is 0 Å². The molecule has 0 aromatic heterocycles. The summed E-state index contributed by atoms with van der Waals surface area (Å²) in [4.78, 5) is 42.1. The zero-order valence-electron chi connectivity index (χ0n) is 32.0. The first kappa shape index (κ1) is 44.4. The van der Waals surface area contributed by atoms with Crippen molar-refractivity contribution in [1.29, 1.82) is 0 Å². The van der Waals surface area contributed by atoms with Crippen LogP contribution in [0.15, 0.2) is 0 Å². The highest BCUT2D eigenvalue weighted by Gasteiger charge is 2.46. The van der Waals surface area contributed by atoms with Crippen molar-refractivity contribution in [2.24, 2.45) is 0 Å². The summed E-state index contributed by atoms with van der Waals surface area (Å²) < 4.78 is 16.8. The third kappa shape index (κ3) is 21.3. The molecular formula is C38H75NO6Si. The van der Waals surface area contributed by atoms with E-state index in [1.807, 2.05) is 0 Å². The standard InChI is InChI=1S/C38H75NO6Si/c1-11-14-17-20-23-26-29-46(30-27-24-21-18-15-12-2,31-28-25-22-19-16-13-3)32-33(34(40)43-10)39(35(41)44-37(4,5)6)36(42)45-38(7,8)9/h33H,11-32H2,1-10H3. The Labute approximate surface area is 285 Å². The predicted octanol–water partition coefficient (Wildman–Crippen LogP) is 12.2. The summed E-state index contributed by atoms with van der Waals surface area (Å²) >= 11 is 0. The van der Waals surface area contributed by atoms with Gasteiger partial charge < -0.3 is 14.2 Å². The molecule has 0 aliphatic rings. The Morgan fingerprint density at radius 1 is 0.543 bits per heavy atom. The van der Waals surface area contributed by atoms with Crippen molar-refractivity contribution < 1.29 is 28.6 Å². The third-order valence-corrected chi connectivity index (χ3v) is 14.3. The van der Waals surface area contributed by atoms with Crippen LogP contribution in [0.4, 0.5) is 9.59 Å². The Morgan fingerprint density at radius 2 is 0.848 bits per heavy atom. The van der Waals surface area contributed by atoms with E-state index in [0.717, 1.165) is 42.3 Å². The molecule has 8 heteroatoms. The summed E-state index contributed by atoms with van der Waals surface area (Å²) in [6.45, 7) is 17.3. The van der Waals surface area contributed by atoms with Crippen LogP contribution in [-0.4, -0.2) is 55.5 Å². The average molecular weight is 670 g/mol. The minimum absolute atomic E-state index is 0.497. The van der Waals surface area contributed by atoms with E-state index >= 15 is 0 Å². The second-order valence-electron chi connectivity index (χ2n) is 15.6. The van der Waals surface area contributed by atoms with E-state index in [9.17, 15) is 14.4 Å². The van der Waals surface area contributed by atoms with E-state index in [1.54, 1.807) is 41.5 Å². The van der Waals surface area contributed by atoms with Crippen molar-refractivity contribution in [2.45, 2.75) is 219 Å². The van der Waals surface area contributed by atoms with Gasteiger partial charge in [0.05, 0.1) is 15.2 Å². The van der Waals surface area contributed by atoms with Gasteiger partial charge in [0.1, 0.15) is 17.2 Å². The minimum atomic E-state index is -2.17. The Balaban J connectivity index is 6.60. The smallest absolute Gasteiger partial charge is 0.420 e. The predicted molar refractivity (Wildman–Crippen MR) is 195 cm³/mol. The molecule has 1 unspecified atom stereocenters. The summed E-state index contributed by atoms with van der Waals surface area (Å²) in [5.41, 5.74) is -1.69. The van der Waals surface area contributed by atoms with Gasteiger partial charge in [-0.15, -0.1) is 0 Å². The number of carbonyl (C=O) groups is 3. The van der Waals surface area contributed by atoms with Gasteiger partial charge in [-0.25, -0.2) is 14.4 Å². The number of imide groups is 1. The van der Waals surface area contributed by atoms with Crippen molar-refractivity contribution in [3.63, 3.8) is 0 Å². The zero-order valence-corrected chi connectivity index (χ0v) is 33.0. The topological polar surface area (TPSA) is 82.1 Å². The van der Waals surface area contributed by atoms with Crippen molar-refractivity contribution in [2.75, 3.05) is 7.11 Å². The molecule has 7 nitrogen and oxygen atoms in total. The summed E-state index contributed by atoms with van der Waals surface area (Å²) in [5, 5.41) is 0. The number of unbranched alkanes of at least 4 members (excludes halogenated alkanes) is 15. The molecule has 0 radical (unpaired) electrons. The number of hydrogen-bond donors (Lipinski definition) is 0. The lowest BCUT2D eigenvalue weighted by atomic mass is 10.1. The Hall–Kier alpha value is -1.57. The molecule has 0 bridgehead atoms. The second-order valence-corrected chi connectivity index (χ2v) is 20.5. The van der Waals surface area contributed by atoms with Crippen LogP contribution in [0, 0.1) is 0 Å². The van der Waals surface area contributed by atoms with Crippen LogP contribution in [0.1, 0.15) is 178 Å². The molecule has 0 aliphatic heterocycles. The number of methoxy groups -OCH3 is 1. The molecule has 46 heavy (non-hydrogen) atoms. The van der Waals surface area contributed by atoms with Gasteiger partial charge in [-0.1, -0.05) is 154 Å². The normalized spacial score (nSPS) is 12.9. The number of amides is 2. The van der Waals surface area contributed by atoms with Gasteiger partial charge in [-0.3, -0.25) is 0 Å². The quantitative estimate of drug-likeness (QED) is 0.0416. The highest BCUT2D eigenvalue weighted by Crippen LogP contribution is 2.37. The zero-order chi connectivity index (χ0) is 35.1. The van der Waals surface area contributed by atoms with Gasteiger partial charge in [-0.2, -0.15) is 4.90 Å². The van der Waals surface area contributed by atoms with E-state index in [4.69, 9.17) is 14.2 Å². The monoisotopic (exact) mass is 670 g/mol. The molecule has 2 amide bonds. The van der Waals surface area contributed by atoms with Crippen LogP contribution in [0.3, 0.4) is 0 Å². The first-order valence-electron chi connectivity index (χ1n) is 19.0. The number of hydrogen-bond acceptors (Lipinski definition) is 6. The maximum atomic E-state index is 13.7. The highest BCUT2D eigenvalue weighted by atomic mass is 28.3. The molecule has 0 aromatic carbocycles. The van der Waals surface area contributed by atoms with E-state index < -0.39 is 43.5 Å². The largest absolute Gasteiger partial charge is 0.467 e. The second kappa shape index (κ2) is 24.6. The number of rotatable bonds is 25. The van der Waals surface area contributed by atoms with E-state index in [1.165, 1.54) is 103 Å². The van der Waals surface area contributed by atoms with Crippen LogP contribution in [0.2, 0.25) is 24.2 Å². The Bertz CT molecular complexity index is 750. The molecule has 0 rings (SSSR count). The molecule has 0 aliphatic carbocycles. The number of carbonyl (C=O) groups excluding carboxylic acids is 3. The number of ether oxygens (including phenoxy) is 3. The summed E-state index contributed by atoms with van der Waals surface area (Å²) in [6.07, 6.45) is 20.2. The molecule has 272 valence electrons. The van der Waals surface area contributed by atoms with Crippen LogP contribution in [0.25, 0.3) is 0 Å². The molecule has 0 saturated heterocycles. The lowest BCUT2D eigenvalue weighted by Crippen LogP contribution is -2.55. The van der Waals surface area contributed by atoms with E-state index in [0.29, 0.717) is 6.04 Å². The maximum absolute atomic E-state index is 13.7. The van der Waals surface area contributed by atoms with Crippen LogP contribution in [0.5, 0.6) is 0 Å². The van der Waals surface area contributed by atoms with Crippen LogP contribution in [-0.2, 0) is 19.0 Å². The summed E-state index contributed by atoms with van der Waals surface area (Å²) in [6, 6.07) is 2.74. The van der Waals surface area contributed by atoms with Crippen LogP contribution >= 0.6 is 0 Å². The molecule has 0 N–H and O–H groups in total. The molecule has 0 heterocycles. The lowest BCUT2D eigenvalue weighted by molar-refractivity contribution is -0.146. The molecule has 0 fully saturated rings. The van der Waals surface area contributed by atoms with Crippen molar-refractivity contribution in [3.05, 3.63) is 0 Å². The first-order chi connectivity index (χ1) is 21.6.